The zero-order valence-corrected chi connectivity index (χ0v) is 27.1. The number of hydrogen-bond acceptors (Lipinski definition) is 12. The van der Waals surface area contributed by atoms with Gasteiger partial charge in [0.25, 0.3) is 21.6 Å². The number of amides is 1. The van der Waals surface area contributed by atoms with Gasteiger partial charge in [-0.15, -0.1) is 11.3 Å². The van der Waals surface area contributed by atoms with Crippen LogP contribution in [0, 0.1) is 0 Å². The number of benzene rings is 1. The SMILES string of the molecule is CCC(/C=C/C=c1\s/c(=C2/SC(=S)N(CC(=O)O)C2=O)n(CC(=O)O)c1=O)=C1\Oc2ccc(OC)cc2N1CCCS(=O)(=O)O. The fraction of sp³-hybridized carbons (Fsp3) is 0.296. The Morgan fingerprint density at radius 3 is 2.47 bits per heavy atom. The molecule has 0 aliphatic carbocycles. The van der Waals surface area contributed by atoms with E-state index in [1.54, 1.807) is 35.3 Å². The van der Waals surface area contributed by atoms with Crippen LogP contribution in [0.5, 0.6) is 11.5 Å². The van der Waals surface area contributed by atoms with Crippen LogP contribution in [0.2, 0.25) is 0 Å². The summed E-state index contributed by atoms with van der Waals surface area (Å²) >= 11 is 6.79. The first-order chi connectivity index (χ1) is 21.2. The average Bonchev–Trinajstić information content (AvgIpc) is 3.57. The highest BCUT2D eigenvalue weighted by molar-refractivity contribution is 8.30. The van der Waals surface area contributed by atoms with Crippen molar-refractivity contribution in [3.8, 4) is 11.5 Å². The lowest BCUT2D eigenvalue weighted by atomic mass is 10.1. The number of rotatable bonds is 12. The molecule has 240 valence electrons. The van der Waals surface area contributed by atoms with E-state index in [1.807, 2.05) is 6.92 Å². The topological polar surface area (TPSA) is 193 Å². The van der Waals surface area contributed by atoms with E-state index in [0.717, 1.165) is 32.6 Å². The summed E-state index contributed by atoms with van der Waals surface area (Å²) in [7, 11) is -2.68. The molecule has 0 bridgehead atoms. The van der Waals surface area contributed by atoms with Gasteiger partial charge in [0.05, 0.1) is 23.1 Å². The van der Waals surface area contributed by atoms with Crippen LogP contribution in [0.4, 0.5) is 5.69 Å². The number of methoxy groups -OCH3 is 1. The second-order valence-corrected chi connectivity index (χ2v) is 13.7. The molecular weight excluding hydrogens is 671 g/mol. The van der Waals surface area contributed by atoms with Crippen molar-refractivity contribution in [1.29, 1.82) is 0 Å². The van der Waals surface area contributed by atoms with Crippen molar-refractivity contribution in [3.05, 3.63) is 61.4 Å². The number of allylic oxidation sites excluding steroid dienone is 3. The molecule has 4 rings (SSSR count). The van der Waals surface area contributed by atoms with Crippen LogP contribution in [0.3, 0.4) is 0 Å². The van der Waals surface area contributed by atoms with Gasteiger partial charge in [0.2, 0.25) is 5.88 Å². The van der Waals surface area contributed by atoms with Gasteiger partial charge < -0.3 is 24.6 Å². The second kappa shape index (κ2) is 14.0. The quantitative estimate of drug-likeness (QED) is 0.212. The minimum atomic E-state index is -4.18. The highest BCUT2D eigenvalue weighted by Gasteiger charge is 2.35. The number of thiazole rings is 1. The van der Waals surface area contributed by atoms with Crippen molar-refractivity contribution < 1.29 is 47.0 Å². The maximum Gasteiger partial charge on any atom is 0.323 e. The summed E-state index contributed by atoms with van der Waals surface area (Å²) in [6, 6.07) is 5.16. The minimum absolute atomic E-state index is 0.0268. The summed E-state index contributed by atoms with van der Waals surface area (Å²) in [5.74, 6) is -2.33. The molecule has 18 heteroatoms. The Bertz CT molecular complexity index is 1930. The lowest BCUT2D eigenvalue weighted by Crippen LogP contribution is -2.36. The molecule has 0 spiro atoms. The second-order valence-electron chi connectivity index (χ2n) is 9.48. The molecule has 2 aliphatic heterocycles. The first kappa shape index (κ1) is 33.9. The fourth-order valence-electron chi connectivity index (χ4n) is 4.43. The molecule has 1 aromatic heterocycles. The Labute approximate surface area is 269 Å². The molecule has 1 saturated heterocycles. The number of ether oxygens (including phenoxy) is 2. The van der Waals surface area contributed by atoms with E-state index < -0.39 is 52.4 Å². The average molecular weight is 698 g/mol. The first-order valence-electron chi connectivity index (χ1n) is 13.1. The molecule has 3 heterocycles. The number of anilines is 1. The molecule has 0 radical (unpaired) electrons. The largest absolute Gasteiger partial charge is 0.497 e. The smallest absolute Gasteiger partial charge is 0.323 e. The van der Waals surface area contributed by atoms with Gasteiger partial charge in [-0.1, -0.05) is 43.1 Å². The third kappa shape index (κ3) is 7.82. The van der Waals surface area contributed by atoms with Crippen LogP contribution in [0.25, 0.3) is 11.0 Å². The van der Waals surface area contributed by atoms with Crippen molar-refractivity contribution in [2.75, 3.05) is 30.9 Å². The number of carboxylic acid groups (broad SMARTS) is 2. The van der Waals surface area contributed by atoms with Crippen molar-refractivity contribution in [2.45, 2.75) is 26.3 Å². The van der Waals surface area contributed by atoms with E-state index in [-0.39, 0.29) is 31.4 Å². The van der Waals surface area contributed by atoms with Gasteiger partial charge in [-0.3, -0.25) is 33.2 Å². The molecular formula is C27H27N3O11S4. The van der Waals surface area contributed by atoms with Crippen LogP contribution in [-0.2, 0) is 31.0 Å². The predicted molar refractivity (Wildman–Crippen MR) is 171 cm³/mol. The van der Waals surface area contributed by atoms with E-state index in [9.17, 15) is 37.3 Å². The third-order valence-electron chi connectivity index (χ3n) is 6.43. The number of aliphatic carboxylic acids is 2. The molecule has 1 fully saturated rings. The fourth-order valence-corrected chi connectivity index (χ4v) is 7.39. The molecule has 0 atom stereocenters. The maximum absolute atomic E-state index is 13.2. The number of aromatic nitrogens is 1. The van der Waals surface area contributed by atoms with E-state index in [2.05, 4.69) is 0 Å². The normalized spacial score (nSPS) is 17.7. The van der Waals surface area contributed by atoms with Gasteiger partial charge in [-0.05, 0) is 31.1 Å². The molecule has 0 unspecified atom stereocenters. The monoisotopic (exact) mass is 697 g/mol. The third-order valence-corrected chi connectivity index (χ3v) is 9.95. The van der Waals surface area contributed by atoms with Crippen LogP contribution >= 0.6 is 35.3 Å². The minimum Gasteiger partial charge on any atom is -0.497 e. The molecule has 3 N–H and O–H groups in total. The van der Waals surface area contributed by atoms with Crippen molar-refractivity contribution >= 4 is 84.3 Å². The maximum atomic E-state index is 13.2. The Morgan fingerprint density at radius 1 is 1.13 bits per heavy atom. The lowest BCUT2D eigenvalue weighted by molar-refractivity contribution is -0.140. The summed E-state index contributed by atoms with van der Waals surface area (Å²) in [6.07, 6.45) is 5.25. The number of hydrogen-bond donors (Lipinski definition) is 3. The van der Waals surface area contributed by atoms with E-state index in [1.165, 1.54) is 13.2 Å². The highest BCUT2D eigenvalue weighted by atomic mass is 32.2. The summed E-state index contributed by atoms with van der Waals surface area (Å²) in [5, 5.41) is 18.5. The van der Waals surface area contributed by atoms with E-state index >= 15 is 0 Å². The van der Waals surface area contributed by atoms with Crippen LogP contribution in [0.1, 0.15) is 19.8 Å². The van der Waals surface area contributed by atoms with Crippen LogP contribution < -0.4 is 29.1 Å². The zero-order valence-electron chi connectivity index (χ0n) is 23.8. The van der Waals surface area contributed by atoms with E-state index in [0.29, 0.717) is 35.1 Å². The van der Waals surface area contributed by atoms with Crippen LogP contribution in [-0.4, -0.2) is 80.8 Å². The Morgan fingerprint density at radius 2 is 1.84 bits per heavy atom. The highest BCUT2D eigenvalue weighted by Crippen LogP contribution is 2.42. The van der Waals surface area contributed by atoms with Gasteiger partial charge in [-0.25, -0.2) is 0 Å². The Hall–Kier alpha value is -3.97. The number of fused-ring (bicyclic) bond motifs is 1. The van der Waals surface area contributed by atoms with Gasteiger partial charge in [0.15, 0.2) is 5.75 Å². The predicted octanol–water partition coefficient (Wildman–Crippen LogP) is 1.19. The van der Waals surface area contributed by atoms with Crippen molar-refractivity contribution in [3.63, 3.8) is 0 Å². The van der Waals surface area contributed by atoms with Gasteiger partial charge >= 0.3 is 11.9 Å². The van der Waals surface area contributed by atoms with Gasteiger partial charge in [0, 0.05) is 18.2 Å². The zero-order chi connectivity index (χ0) is 33.1. The number of nitrogens with zero attached hydrogens (tertiary/aromatic N) is 3. The molecule has 0 saturated carbocycles. The lowest BCUT2D eigenvalue weighted by Gasteiger charge is -2.20. The summed E-state index contributed by atoms with van der Waals surface area (Å²) in [4.78, 5) is 51.5. The molecule has 1 aromatic carbocycles. The summed E-state index contributed by atoms with van der Waals surface area (Å²) < 4.78 is 44.4. The van der Waals surface area contributed by atoms with Crippen LogP contribution in [0.15, 0.2) is 46.6 Å². The summed E-state index contributed by atoms with van der Waals surface area (Å²) in [6.45, 7) is 0.647. The molecule has 2 aromatic rings. The van der Waals surface area contributed by atoms with E-state index in [4.69, 9.17) is 26.8 Å². The number of carbonyl (C=O) groups is 3. The molecule has 2 aliphatic rings. The standard InChI is InChI=1S/C27H27N3O11S4/c1-3-15(25-28(10-5-11-45(37,38)39)17-12-16(40-2)8-9-18(17)41-25)6-4-7-19-23(35)29(13-20(31)32)26(43-19)22-24(36)30(14-21(33)34)27(42)44-22/h4,6-9,12H,3,5,10-11,13-14H2,1-2H3,(H,31,32)(H,33,34)(H,37,38,39)/b6-4+,19-7-,25-15+,26-22+. The number of carbonyl (C=O) groups excluding carboxylic acids is 1. The van der Waals surface area contributed by atoms with Crippen molar-refractivity contribution in [1.82, 2.24) is 9.47 Å². The molecule has 14 nitrogen and oxygen atoms in total. The Balaban J connectivity index is 1.76. The first-order valence-corrected chi connectivity index (χ1v) is 16.8. The van der Waals surface area contributed by atoms with Crippen molar-refractivity contribution in [2.24, 2.45) is 0 Å². The molecule has 1 amide bonds. The summed E-state index contributed by atoms with van der Waals surface area (Å²) in [5.41, 5.74) is 0.634. The van der Waals surface area contributed by atoms with Gasteiger partial charge in [0.1, 0.15) is 32.7 Å². The molecule has 45 heavy (non-hydrogen) atoms. The Kier molecular flexibility index (Phi) is 10.5. The number of thiocarbonyl (C=S) groups is 1. The number of carboxylic acids is 2. The number of thioether (sulfide) groups is 1. The van der Waals surface area contributed by atoms with Gasteiger partial charge in [-0.2, -0.15) is 8.42 Å².